The Morgan fingerprint density at radius 1 is 1.18 bits per heavy atom. The summed E-state index contributed by atoms with van der Waals surface area (Å²) in [6.07, 6.45) is 0.882. The third kappa shape index (κ3) is 4.07. The highest BCUT2D eigenvalue weighted by atomic mass is 16.3. The molecule has 0 radical (unpaired) electrons. The van der Waals surface area contributed by atoms with Gasteiger partial charge in [0.05, 0.1) is 6.10 Å². The maximum atomic E-state index is 12.6. The normalized spacial score (nSPS) is 17.4. The van der Waals surface area contributed by atoms with Crippen molar-refractivity contribution in [2.75, 3.05) is 13.1 Å². The molecule has 1 aliphatic rings. The van der Waals surface area contributed by atoms with E-state index >= 15 is 0 Å². The number of aliphatic hydroxyl groups excluding tert-OH is 1. The molecule has 0 aliphatic carbocycles. The van der Waals surface area contributed by atoms with E-state index in [4.69, 9.17) is 0 Å². The molecule has 1 aromatic rings. The van der Waals surface area contributed by atoms with Gasteiger partial charge in [-0.3, -0.25) is 9.59 Å². The molecule has 5 heteroatoms. The molecule has 2 amide bonds. The van der Waals surface area contributed by atoms with Crippen molar-refractivity contribution in [1.29, 1.82) is 0 Å². The van der Waals surface area contributed by atoms with Gasteiger partial charge in [-0.2, -0.15) is 0 Å². The van der Waals surface area contributed by atoms with Crippen molar-refractivity contribution < 1.29 is 14.7 Å². The topological polar surface area (TPSA) is 69.6 Å². The van der Waals surface area contributed by atoms with E-state index in [-0.39, 0.29) is 23.8 Å². The van der Waals surface area contributed by atoms with E-state index in [0.717, 1.165) is 0 Å². The second kappa shape index (κ2) is 7.40. The van der Waals surface area contributed by atoms with Crippen LogP contribution in [0.5, 0.6) is 0 Å². The molecule has 5 nitrogen and oxygen atoms in total. The smallest absolute Gasteiger partial charge is 0.251 e. The molecule has 1 fully saturated rings. The van der Waals surface area contributed by atoms with Crippen molar-refractivity contribution in [2.24, 2.45) is 5.92 Å². The number of hydrogen-bond acceptors (Lipinski definition) is 3. The first-order chi connectivity index (χ1) is 10.5. The number of benzene rings is 1. The van der Waals surface area contributed by atoms with Gasteiger partial charge in [0.25, 0.3) is 5.91 Å². The maximum Gasteiger partial charge on any atom is 0.251 e. The minimum Gasteiger partial charge on any atom is -0.393 e. The van der Waals surface area contributed by atoms with Crippen molar-refractivity contribution >= 4 is 11.8 Å². The molecule has 120 valence electrons. The quantitative estimate of drug-likeness (QED) is 0.884. The van der Waals surface area contributed by atoms with E-state index < -0.39 is 6.04 Å². The summed E-state index contributed by atoms with van der Waals surface area (Å²) in [6, 6.07) is 8.37. The molecule has 1 heterocycles. The molecule has 1 atom stereocenters. The molecule has 1 unspecified atom stereocenters. The van der Waals surface area contributed by atoms with Crippen LogP contribution >= 0.6 is 0 Å². The number of nitrogens with zero attached hydrogens (tertiary/aromatic N) is 1. The largest absolute Gasteiger partial charge is 0.393 e. The molecule has 1 saturated heterocycles. The molecule has 22 heavy (non-hydrogen) atoms. The predicted octanol–water partition coefficient (Wildman–Crippen LogP) is 1.42. The monoisotopic (exact) mass is 304 g/mol. The van der Waals surface area contributed by atoms with Gasteiger partial charge >= 0.3 is 0 Å². The number of aliphatic hydroxyl groups is 1. The molecule has 0 saturated carbocycles. The Labute approximate surface area is 131 Å². The zero-order valence-electron chi connectivity index (χ0n) is 13.2. The molecule has 0 spiro atoms. The van der Waals surface area contributed by atoms with Gasteiger partial charge in [0.1, 0.15) is 6.04 Å². The van der Waals surface area contributed by atoms with E-state index in [0.29, 0.717) is 31.5 Å². The van der Waals surface area contributed by atoms with Crippen LogP contribution in [-0.4, -0.2) is 47.1 Å². The third-order valence-corrected chi connectivity index (χ3v) is 4.03. The van der Waals surface area contributed by atoms with Gasteiger partial charge in [0, 0.05) is 18.7 Å². The lowest BCUT2D eigenvalue weighted by molar-refractivity contribution is -0.136. The Morgan fingerprint density at radius 3 is 2.32 bits per heavy atom. The third-order valence-electron chi connectivity index (χ3n) is 4.03. The fourth-order valence-electron chi connectivity index (χ4n) is 2.61. The van der Waals surface area contributed by atoms with Crippen LogP contribution in [0.2, 0.25) is 0 Å². The summed E-state index contributed by atoms with van der Waals surface area (Å²) < 4.78 is 0. The van der Waals surface area contributed by atoms with Crippen LogP contribution < -0.4 is 5.32 Å². The van der Waals surface area contributed by atoms with Crippen LogP contribution in [0.15, 0.2) is 30.3 Å². The minimum atomic E-state index is -0.539. The van der Waals surface area contributed by atoms with Crippen LogP contribution in [0.1, 0.15) is 37.0 Å². The number of amides is 2. The lowest BCUT2D eigenvalue weighted by Crippen LogP contribution is -2.53. The van der Waals surface area contributed by atoms with Crippen LogP contribution in [0, 0.1) is 5.92 Å². The maximum absolute atomic E-state index is 12.6. The van der Waals surface area contributed by atoms with Gasteiger partial charge in [-0.1, -0.05) is 32.0 Å². The van der Waals surface area contributed by atoms with Crippen LogP contribution in [-0.2, 0) is 4.79 Å². The van der Waals surface area contributed by atoms with Crippen LogP contribution in [0.25, 0.3) is 0 Å². The highest BCUT2D eigenvalue weighted by molar-refractivity contribution is 5.97. The fourth-order valence-corrected chi connectivity index (χ4v) is 2.61. The average Bonchev–Trinajstić information content (AvgIpc) is 2.53. The van der Waals surface area contributed by atoms with Gasteiger partial charge in [0.2, 0.25) is 5.91 Å². The average molecular weight is 304 g/mol. The molecule has 2 N–H and O–H groups in total. The van der Waals surface area contributed by atoms with Crippen molar-refractivity contribution in [1.82, 2.24) is 10.2 Å². The van der Waals surface area contributed by atoms with Gasteiger partial charge in [0.15, 0.2) is 0 Å². The number of piperidine rings is 1. The summed E-state index contributed by atoms with van der Waals surface area (Å²) in [5, 5.41) is 12.4. The second-order valence-electron chi connectivity index (χ2n) is 6.12. The molecule has 0 aromatic heterocycles. The lowest BCUT2D eigenvalue weighted by atomic mass is 10.00. The summed E-state index contributed by atoms with van der Waals surface area (Å²) >= 11 is 0. The Morgan fingerprint density at radius 2 is 1.77 bits per heavy atom. The standard InChI is InChI=1S/C17H24N2O3/c1-12(2)15(17(22)19-10-8-14(20)9-11-19)18-16(21)13-6-4-3-5-7-13/h3-7,12,14-15,20H,8-11H2,1-2H3,(H,18,21). The first-order valence-electron chi connectivity index (χ1n) is 7.82. The molecule has 0 bridgehead atoms. The summed E-state index contributed by atoms with van der Waals surface area (Å²) in [4.78, 5) is 26.7. The van der Waals surface area contributed by atoms with E-state index in [1.54, 1.807) is 29.2 Å². The van der Waals surface area contributed by atoms with Gasteiger partial charge in [-0.25, -0.2) is 0 Å². The minimum absolute atomic E-state index is 0.00649. The summed E-state index contributed by atoms with van der Waals surface area (Å²) in [5.41, 5.74) is 0.551. The number of hydrogen-bond donors (Lipinski definition) is 2. The summed E-state index contributed by atoms with van der Waals surface area (Å²) in [7, 11) is 0. The molecular formula is C17H24N2O3. The lowest BCUT2D eigenvalue weighted by Gasteiger charge is -2.34. The second-order valence-corrected chi connectivity index (χ2v) is 6.12. The highest BCUT2D eigenvalue weighted by Crippen LogP contribution is 2.14. The number of carbonyl (C=O) groups is 2. The molecule has 1 aliphatic heterocycles. The zero-order valence-corrected chi connectivity index (χ0v) is 13.2. The van der Waals surface area contributed by atoms with Crippen LogP contribution in [0.3, 0.4) is 0 Å². The highest BCUT2D eigenvalue weighted by Gasteiger charge is 2.30. The predicted molar refractivity (Wildman–Crippen MR) is 84.4 cm³/mol. The van der Waals surface area contributed by atoms with E-state index in [9.17, 15) is 14.7 Å². The van der Waals surface area contributed by atoms with Gasteiger partial charge < -0.3 is 15.3 Å². The van der Waals surface area contributed by atoms with Gasteiger partial charge in [-0.05, 0) is 30.9 Å². The first-order valence-corrected chi connectivity index (χ1v) is 7.82. The summed E-state index contributed by atoms with van der Waals surface area (Å²) in [5.74, 6) is -0.289. The number of carbonyl (C=O) groups excluding carboxylic acids is 2. The van der Waals surface area contributed by atoms with Crippen molar-refractivity contribution in [3.8, 4) is 0 Å². The Hall–Kier alpha value is -1.88. The Kier molecular flexibility index (Phi) is 5.55. The van der Waals surface area contributed by atoms with E-state index in [1.165, 1.54) is 0 Å². The number of nitrogens with one attached hydrogen (secondary N) is 1. The van der Waals surface area contributed by atoms with E-state index in [2.05, 4.69) is 5.32 Å². The van der Waals surface area contributed by atoms with Crippen LogP contribution in [0.4, 0.5) is 0 Å². The fraction of sp³-hybridized carbons (Fsp3) is 0.529. The number of likely N-dealkylation sites (tertiary alicyclic amines) is 1. The SMILES string of the molecule is CC(C)C(NC(=O)c1ccccc1)C(=O)N1CCC(O)CC1. The Balaban J connectivity index is 2.03. The van der Waals surface area contributed by atoms with Crippen molar-refractivity contribution in [2.45, 2.75) is 38.8 Å². The number of rotatable bonds is 4. The molecule has 1 aromatic carbocycles. The zero-order chi connectivity index (χ0) is 16.1. The molecule has 2 rings (SSSR count). The van der Waals surface area contributed by atoms with Crippen molar-refractivity contribution in [3.05, 3.63) is 35.9 Å². The summed E-state index contributed by atoms with van der Waals surface area (Å²) in [6.45, 7) is 4.94. The molecular weight excluding hydrogens is 280 g/mol. The first kappa shape index (κ1) is 16.5. The van der Waals surface area contributed by atoms with E-state index in [1.807, 2.05) is 19.9 Å². The van der Waals surface area contributed by atoms with Crippen molar-refractivity contribution in [3.63, 3.8) is 0 Å². The Bertz CT molecular complexity index is 508. The van der Waals surface area contributed by atoms with Gasteiger partial charge in [-0.15, -0.1) is 0 Å².